The summed E-state index contributed by atoms with van der Waals surface area (Å²) in [6.45, 7) is 3.75. The first kappa shape index (κ1) is 10.1. The molecule has 0 saturated heterocycles. The molecule has 0 atom stereocenters. The Morgan fingerprint density at radius 3 is 1.50 bits per heavy atom. The van der Waals surface area contributed by atoms with Crippen molar-refractivity contribution in [3.8, 4) is 0 Å². The van der Waals surface area contributed by atoms with Crippen molar-refractivity contribution in [1.82, 2.24) is 0 Å². The van der Waals surface area contributed by atoms with E-state index in [2.05, 4.69) is 0 Å². The molecule has 0 heterocycles. The summed E-state index contributed by atoms with van der Waals surface area (Å²) in [5, 5.41) is 1.70. The second kappa shape index (κ2) is 5.82. The molecule has 0 aliphatic heterocycles. The summed E-state index contributed by atoms with van der Waals surface area (Å²) in [6, 6.07) is 0. The smallest absolute Gasteiger partial charge is 0.0110 e. The molecule has 0 aromatic heterocycles. The van der Waals surface area contributed by atoms with Gasteiger partial charge >= 0.3 is 0 Å². The summed E-state index contributed by atoms with van der Waals surface area (Å²) in [4.78, 5) is 0. The van der Waals surface area contributed by atoms with E-state index in [1.807, 2.05) is 26.0 Å². The fourth-order valence-corrected chi connectivity index (χ4v) is 0.783. The Morgan fingerprint density at radius 1 is 1.00 bits per heavy atom. The van der Waals surface area contributed by atoms with Crippen LogP contribution in [-0.2, 0) is 0 Å². The van der Waals surface area contributed by atoms with Crippen molar-refractivity contribution < 1.29 is 0 Å². The van der Waals surface area contributed by atoms with Crippen LogP contribution >= 0.6 is 23.2 Å². The molecule has 0 amide bonds. The molecule has 0 nitrogen and oxygen atoms in total. The van der Waals surface area contributed by atoms with Crippen LogP contribution in [0.5, 0.6) is 0 Å². The summed E-state index contributed by atoms with van der Waals surface area (Å²) in [5.41, 5.74) is 0. The highest BCUT2D eigenvalue weighted by Crippen LogP contribution is 2.06. The zero-order valence-electron chi connectivity index (χ0n) is 6.32. The molecule has 0 saturated carbocycles. The lowest BCUT2D eigenvalue weighted by Crippen LogP contribution is -1.67. The molecule has 58 valence electrons. The van der Waals surface area contributed by atoms with E-state index >= 15 is 0 Å². The van der Waals surface area contributed by atoms with Crippen molar-refractivity contribution in [3.05, 3.63) is 22.2 Å². The normalized spacial score (nSPS) is 14.0. The topological polar surface area (TPSA) is 0 Å². The van der Waals surface area contributed by atoms with Crippen LogP contribution in [-0.4, -0.2) is 0 Å². The van der Waals surface area contributed by atoms with Crippen LogP contribution in [0.2, 0.25) is 0 Å². The third kappa shape index (κ3) is 8.06. The Kier molecular flexibility index (Phi) is 5.85. The van der Waals surface area contributed by atoms with Crippen molar-refractivity contribution in [3.63, 3.8) is 0 Å². The molecule has 0 unspecified atom stereocenters. The van der Waals surface area contributed by atoms with Gasteiger partial charge in [-0.15, -0.1) is 0 Å². The summed E-state index contributed by atoms with van der Waals surface area (Å²) in [5.74, 6) is 0. The molecule has 0 aliphatic rings. The molecule has 0 aromatic rings. The first-order valence-corrected chi connectivity index (χ1v) is 4.03. The number of halogens is 2. The summed E-state index contributed by atoms with van der Waals surface area (Å²) >= 11 is 11.2. The van der Waals surface area contributed by atoms with Crippen LogP contribution in [0.25, 0.3) is 0 Å². The van der Waals surface area contributed by atoms with Crippen molar-refractivity contribution in [2.75, 3.05) is 0 Å². The van der Waals surface area contributed by atoms with Crippen LogP contribution in [0, 0.1) is 0 Å². The van der Waals surface area contributed by atoms with E-state index in [0.29, 0.717) is 0 Å². The number of allylic oxidation sites excluding steroid dienone is 4. The molecule has 0 N–H and O–H groups in total. The van der Waals surface area contributed by atoms with Crippen molar-refractivity contribution in [2.45, 2.75) is 26.7 Å². The first-order chi connectivity index (χ1) is 4.63. The van der Waals surface area contributed by atoms with Gasteiger partial charge in [0.2, 0.25) is 0 Å². The molecule has 0 rings (SSSR count). The average molecular weight is 179 g/mol. The molecule has 0 bridgehead atoms. The van der Waals surface area contributed by atoms with Gasteiger partial charge in [-0.25, -0.2) is 0 Å². The Hall–Kier alpha value is 0.0600. The standard InChI is InChI=1S/C8H12Cl2/c1-7(9)5-3-4-6-8(2)10/h5-6H,3-4H2,1-2H3/b7-5-,8-6-. The van der Waals surface area contributed by atoms with Gasteiger partial charge in [-0.3, -0.25) is 0 Å². The lowest BCUT2D eigenvalue weighted by Gasteiger charge is -1.88. The fraction of sp³-hybridized carbons (Fsp3) is 0.500. The molecule has 10 heavy (non-hydrogen) atoms. The van der Waals surface area contributed by atoms with Crippen LogP contribution in [0.1, 0.15) is 26.7 Å². The van der Waals surface area contributed by atoms with E-state index in [9.17, 15) is 0 Å². The van der Waals surface area contributed by atoms with E-state index in [0.717, 1.165) is 22.9 Å². The van der Waals surface area contributed by atoms with Gasteiger partial charge in [-0.2, -0.15) is 0 Å². The van der Waals surface area contributed by atoms with E-state index < -0.39 is 0 Å². The first-order valence-electron chi connectivity index (χ1n) is 3.27. The second-order valence-electron chi connectivity index (χ2n) is 2.16. The van der Waals surface area contributed by atoms with Crippen molar-refractivity contribution in [2.24, 2.45) is 0 Å². The van der Waals surface area contributed by atoms with Gasteiger partial charge in [-0.05, 0) is 26.7 Å². The molecule has 2 heteroatoms. The van der Waals surface area contributed by atoms with Gasteiger partial charge in [0, 0.05) is 10.1 Å². The van der Waals surface area contributed by atoms with Crippen LogP contribution in [0.4, 0.5) is 0 Å². The van der Waals surface area contributed by atoms with Gasteiger partial charge in [-0.1, -0.05) is 35.4 Å². The van der Waals surface area contributed by atoms with E-state index in [1.165, 1.54) is 0 Å². The highest BCUT2D eigenvalue weighted by Gasteiger charge is 1.82. The number of hydrogen-bond acceptors (Lipinski definition) is 0. The second-order valence-corrected chi connectivity index (χ2v) is 3.35. The van der Waals surface area contributed by atoms with Crippen LogP contribution < -0.4 is 0 Å². The predicted molar refractivity (Wildman–Crippen MR) is 48.5 cm³/mol. The van der Waals surface area contributed by atoms with Crippen LogP contribution in [0.15, 0.2) is 22.2 Å². The SMILES string of the molecule is C/C(Cl)=C/CC/C=C(/C)Cl. The van der Waals surface area contributed by atoms with Gasteiger partial charge in [0.25, 0.3) is 0 Å². The van der Waals surface area contributed by atoms with Crippen molar-refractivity contribution in [1.29, 1.82) is 0 Å². The molecule has 0 aromatic carbocycles. The van der Waals surface area contributed by atoms with E-state index in [-0.39, 0.29) is 0 Å². The zero-order valence-corrected chi connectivity index (χ0v) is 7.84. The van der Waals surface area contributed by atoms with E-state index in [1.54, 1.807) is 0 Å². The van der Waals surface area contributed by atoms with Gasteiger partial charge in [0.1, 0.15) is 0 Å². The Bertz CT molecular complexity index is 119. The molecule has 0 radical (unpaired) electrons. The molecular weight excluding hydrogens is 167 g/mol. The Balaban J connectivity index is 3.39. The summed E-state index contributed by atoms with van der Waals surface area (Å²) < 4.78 is 0. The maximum Gasteiger partial charge on any atom is 0.0110 e. The number of unbranched alkanes of at least 4 members (excludes halogenated alkanes) is 1. The monoisotopic (exact) mass is 178 g/mol. The lowest BCUT2D eigenvalue weighted by atomic mass is 10.3. The largest absolute Gasteiger partial charge is 0.0898 e. The molecule has 0 fully saturated rings. The highest BCUT2D eigenvalue weighted by molar-refractivity contribution is 6.29. The highest BCUT2D eigenvalue weighted by atomic mass is 35.5. The van der Waals surface area contributed by atoms with Gasteiger partial charge in [0.15, 0.2) is 0 Å². The minimum Gasteiger partial charge on any atom is -0.0898 e. The summed E-state index contributed by atoms with van der Waals surface area (Å²) in [7, 11) is 0. The average Bonchev–Trinajstić information content (AvgIpc) is 1.79. The third-order valence-corrected chi connectivity index (χ3v) is 1.33. The maximum atomic E-state index is 5.60. The minimum atomic E-state index is 0.848. The zero-order chi connectivity index (χ0) is 7.98. The maximum absolute atomic E-state index is 5.60. The molecular formula is C8H12Cl2. The lowest BCUT2D eigenvalue weighted by molar-refractivity contribution is 1.04. The fourth-order valence-electron chi connectivity index (χ4n) is 0.564. The van der Waals surface area contributed by atoms with Crippen molar-refractivity contribution >= 4 is 23.2 Å². The summed E-state index contributed by atoms with van der Waals surface area (Å²) in [6.07, 6.45) is 5.91. The number of rotatable bonds is 3. The Labute approximate surface area is 72.5 Å². The quantitative estimate of drug-likeness (QED) is 0.573. The third-order valence-electron chi connectivity index (χ3n) is 1.02. The minimum absolute atomic E-state index is 0.848. The van der Waals surface area contributed by atoms with Gasteiger partial charge < -0.3 is 0 Å². The number of hydrogen-bond donors (Lipinski definition) is 0. The molecule has 0 spiro atoms. The predicted octanol–water partition coefficient (Wildman–Crippen LogP) is 4.05. The van der Waals surface area contributed by atoms with Gasteiger partial charge in [0.05, 0.1) is 0 Å². The Morgan fingerprint density at radius 2 is 1.30 bits per heavy atom. The molecule has 0 aliphatic carbocycles. The van der Waals surface area contributed by atoms with E-state index in [4.69, 9.17) is 23.2 Å². The van der Waals surface area contributed by atoms with Crippen LogP contribution in [0.3, 0.4) is 0 Å².